The van der Waals surface area contributed by atoms with Crippen molar-refractivity contribution in [2.75, 3.05) is 6.54 Å². The second-order valence-electron chi connectivity index (χ2n) is 12.2. The quantitative estimate of drug-likeness (QED) is 0.605. The van der Waals surface area contributed by atoms with Gasteiger partial charge in [0.15, 0.2) is 0 Å². The second-order valence-corrected chi connectivity index (χ2v) is 12.2. The van der Waals surface area contributed by atoms with Crippen LogP contribution >= 0.6 is 0 Å². The summed E-state index contributed by atoms with van der Waals surface area (Å²) in [6, 6.07) is 17.1. The van der Waals surface area contributed by atoms with Gasteiger partial charge in [-0.25, -0.2) is 0 Å². The van der Waals surface area contributed by atoms with Crippen molar-refractivity contribution in [3.63, 3.8) is 0 Å². The molecule has 6 atom stereocenters. The summed E-state index contributed by atoms with van der Waals surface area (Å²) in [6.45, 7) is 0.478. The van der Waals surface area contributed by atoms with E-state index >= 15 is 0 Å². The number of carbonyl (C=O) groups excluding carboxylic acids is 4. The van der Waals surface area contributed by atoms with Gasteiger partial charge in [-0.2, -0.15) is 0 Å². The van der Waals surface area contributed by atoms with Crippen molar-refractivity contribution in [3.05, 3.63) is 71.8 Å². The summed E-state index contributed by atoms with van der Waals surface area (Å²) in [7, 11) is 0. The van der Waals surface area contributed by atoms with Gasteiger partial charge in [-0.05, 0) is 55.6 Å². The Kier molecular flexibility index (Phi) is 8.08. The predicted octanol–water partition coefficient (Wildman–Crippen LogP) is 3.00. The molecule has 4 amide bonds. The molecule has 2 N–H and O–H groups in total. The first kappa shape index (κ1) is 27.5. The molecule has 41 heavy (non-hydrogen) atoms. The molecule has 6 rings (SSSR count). The van der Waals surface area contributed by atoms with Gasteiger partial charge in [-0.1, -0.05) is 73.5 Å². The lowest BCUT2D eigenvalue weighted by molar-refractivity contribution is -0.149. The minimum Gasteiger partial charge on any atom is -0.351 e. The van der Waals surface area contributed by atoms with Crippen LogP contribution in [-0.4, -0.2) is 70.2 Å². The van der Waals surface area contributed by atoms with E-state index in [-0.39, 0.29) is 36.1 Å². The van der Waals surface area contributed by atoms with Gasteiger partial charge in [0.2, 0.25) is 23.6 Å². The largest absolute Gasteiger partial charge is 0.351 e. The Morgan fingerprint density at radius 2 is 1.39 bits per heavy atom. The monoisotopic (exact) mass is 556 g/mol. The van der Waals surface area contributed by atoms with Crippen LogP contribution in [0.25, 0.3) is 0 Å². The summed E-state index contributed by atoms with van der Waals surface area (Å²) in [4.78, 5) is 59.4. The Balaban J connectivity index is 1.36. The molecule has 0 unspecified atom stereocenters. The summed E-state index contributed by atoms with van der Waals surface area (Å²) in [5, 5.41) is 6.18. The molecule has 2 aromatic carbocycles. The van der Waals surface area contributed by atoms with Gasteiger partial charge in [0.25, 0.3) is 0 Å². The number of amides is 4. The average Bonchev–Trinajstić information content (AvgIpc) is 3.62. The van der Waals surface area contributed by atoms with Gasteiger partial charge >= 0.3 is 0 Å². The standard InChI is InChI=1S/C33H40N4O4/c38-30-21-25(18-22-10-3-1-4-11-22)34-31(39)29-20-24-14-7-8-15-27(24)37(29)33(41)28-16-9-17-36(28)32(40)26(35-30)19-23-12-5-2-6-13-23/h1-6,10-13,24-29H,7-9,14-21H2,(H,34,39)(H,35,38)/t24-,25-,26-,27-,28-,29-/m0/s1. The molecule has 216 valence electrons. The van der Waals surface area contributed by atoms with E-state index in [1.165, 1.54) is 0 Å². The van der Waals surface area contributed by atoms with E-state index in [1.807, 2.05) is 65.6 Å². The summed E-state index contributed by atoms with van der Waals surface area (Å²) < 4.78 is 0. The minimum absolute atomic E-state index is 0.0297. The number of nitrogens with one attached hydrogen (secondary N) is 2. The molecule has 3 saturated heterocycles. The second kappa shape index (κ2) is 12.0. The lowest BCUT2D eigenvalue weighted by Gasteiger charge is -2.37. The van der Waals surface area contributed by atoms with Gasteiger partial charge in [0.1, 0.15) is 18.1 Å². The average molecular weight is 557 g/mol. The smallest absolute Gasteiger partial charge is 0.246 e. The van der Waals surface area contributed by atoms with Crippen LogP contribution in [0.3, 0.4) is 0 Å². The predicted molar refractivity (Wildman–Crippen MR) is 155 cm³/mol. The number of nitrogens with zero attached hydrogens (tertiary/aromatic N) is 2. The number of benzene rings is 2. The third-order valence-corrected chi connectivity index (χ3v) is 9.49. The van der Waals surface area contributed by atoms with Crippen molar-refractivity contribution >= 4 is 23.6 Å². The number of hydrogen-bond donors (Lipinski definition) is 2. The highest BCUT2D eigenvalue weighted by atomic mass is 16.2. The number of hydrogen-bond acceptors (Lipinski definition) is 4. The van der Waals surface area contributed by atoms with E-state index in [2.05, 4.69) is 10.6 Å². The highest BCUT2D eigenvalue weighted by molar-refractivity contribution is 5.96. The van der Waals surface area contributed by atoms with E-state index in [1.54, 1.807) is 4.90 Å². The van der Waals surface area contributed by atoms with Crippen molar-refractivity contribution in [2.45, 2.75) is 94.4 Å². The fraction of sp³-hybridized carbons (Fsp3) is 0.515. The van der Waals surface area contributed by atoms with Crippen LogP contribution in [0.5, 0.6) is 0 Å². The molecule has 0 bridgehead atoms. The third kappa shape index (κ3) is 5.88. The molecule has 8 heteroatoms. The number of fused-ring (bicyclic) bond motifs is 4. The molecular formula is C33H40N4O4. The van der Waals surface area contributed by atoms with Crippen LogP contribution in [0.2, 0.25) is 0 Å². The van der Waals surface area contributed by atoms with Gasteiger partial charge in [-0.3, -0.25) is 19.2 Å². The SMILES string of the molecule is O=C1C[C@H](Cc2ccccc2)NC(=O)[C@@H]2C[C@@H]3CCCC[C@@H]3N2C(=O)[C@@H]2CCCN2C(=O)[C@H](Cc2ccccc2)N1. The lowest BCUT2D eigenvalue weighted by Crippen LogP contribution is -2.57. The highest BCUT2D eigenvalue weighted by Gasteiger charge is 2.51. The molecule has 8 nitrogen and oxygen atoms in total. The summed E-state index contributed by atoms with van der Waals surface area (Å²) in [5.74, 6) is -0.485. The molecule has 3 aliphatic heterocycles. The topological polar surface area (TPSA) is 98.8 Å². The van der Waals surface area contributed by atoms with Crippen LogP contribution in [0.1, 0.15) is 62.5 Å². The summed E-state index contributed by atoms with van der Waals surface area (Å²) in [5.41, 5.74) is 1.96. The van der Waals surface area contributed by atoms with Crippen molar-refractivity contribution in [1.82, 2.24) is 20.4 Å². The Morgan fingerprint density at radius 1 is 0.707 bits per heavy atom. The van der Waals surface area contributed by atoms with Crippen LogP contribution in [0.15, 0.2) is 60.7 Å². The van der Waals surface area contributed by atoms with Crippen molar-refractivity contribution in [3.8, 4) is 0 Å². The zero-order valence-corrected chi connectivity index (χ0v) is 23.5. The molecule has 1 aliphatic carbocycles. The van der Waals surface area contributed by atoms with Crippen LogP contribution < -0.4 is 10.6 Å². The first-order chi connectivity index (χ1) is 20.0. The van der Waals surface area contributed by atoms with Gasteiger partial charge in [0, 0.05) is 31.5 Å². The molecule has 0 spiro atoms. The van der Waals surface area contributed by atoms with E-state index in [9.17, 15) is 19.2 Å². The van der Waals surface area contributed by atoms with E-state index < -0.39 is 24.2 Å². The molecule has 2 aromatic rings. The zero-order valence-electron chi connectivity index (χ0n) is 23.5. The van der Waals surface area contributed by atoms with E-state index in [0.717, 1.165) is 43.2 Å². The first-order valence-corrected chi connectivity index (χ1v) is 15.3. The van der Waals surface area contributed by atoms with Crippen molar-refractivity contribution in [2.24, 2.45) is 5.92 Å². The number of rotatable bonds is 4. The fourth-order valence-corrected chi connectivity index (χ4v) is 7.57. The third-order valence-electron chi connectivity index (χ3n) is 9.49. The molecule has 0 aromatic heterocycles. The van der Waals surface area contributed by atoms with E-state index in [4.69, 9.17) is 0 Å². The van der Waals surface area contributed by atoms with Crippen LogP contribution in [0, 0.1) is 5.92 Å². The van der Waals surface area contributed by atoms with Gasteiger partial charge in [0.05, 0.1) is 0 Å². The zero-order chi connectivity index (χ0) is 28.3. The summed E-state index contributed by atoms with van der Waals surface area (Å²) in [6.07, 6.45) is 6.90. The maximum Gasteiger partial charge on any atom is 0.246 e. The molecular weight excluding hydrogens is 516 g/mol. The van der Waals surface area contributed by atoms with Crippen molar-refractivity contribution < 1.29 is 19.2 Å². The molecule has 3 heterocycles. The normalized spacial score (nSPS) is 30.7. The van der Waals surface area contributed by atoms with E-state index in [0.29, 0.717) is 38.1 Å². The lowest BCUT2D eigenvalue weighted by atomic mass is 9.84. The highest BCUT2D eigenvalue weighted by Crippen LogP contribution is 2.41. The first-order valence-electron chi connectivity index (χ1n) is 15.3. The Labute approximate surface area is 241 Å². The maximum absolute atomic E-state index is 14.3. The molecule has 1 saturated carbocycles. The summed E-state index contributed by atoms with van der Waals surface area (Å²) >= 11 is 0. The Hall–Kier alpha value is -3.68. The fourth-order valence-electron chi connectivity index (χ4n) is 7.57. The maximum atomic E-state index is 14.3. The minimum atomic E-state index is -0.788. The van der Waals surface area contributed by atoms with Crippen LogP contribution in [0.4, 0.5) is 0 Å². The number of carbonyl (C=O) groups is 4. The van der Waals surface area contributed by atoms with Gasteiger partial charge < -0.3 is 20.4 Å². The Bertz CT molecular complexity index is 1270. The Morgan fingerprint density at radius 3 is 2.12 bits per heavy atom. The molecule has 4 aliphatic rings. The van der Waals surface area contributed by atoms with Gasteiger partial charge in [-0.15, -0.1) is 0 Å². The van der Waals surface area contributed by atoms with Crippen LogP contribution in [-0.2, 0) is 32.0 Å². The molecule has 0 radical (unpaired) electrons. The van der Waals surface area contributed by atoms with Crippen molar-refractivity contribution in [1.29, 1.82) is 0 Å². The molecule has 4 fully saturated rings.